The van der Waals surface area contributed by atoms with Gasteiger partial charge in [0, 0.05) is 24.2 Å². The molecule has 0 radical (unpaired) electrons. The summed E-state index contributed by atoms with van der Waals surface area (Å²) in [6.07, 6.45) is 0. The number of benzene rings is 3. The second kappa shape index (κ2) is 12.3. The first-order valence-electron chi connectivity index (χ1n) is 12.7. The second-order valence-electron chi connectivity index (χ2n) is 10.5. The number of non-ortho nitro benzene ring substituents is 1. The number of aryl methyl sites for hydroxylation is 1. The molecule has 10 nitrogen and oxygen atoms in total. The third-order valence-corrected chi connectivity index (χ3v) is 7.87. The smallest absolute Gasteiger partial charge is 0.271 e. The molecule has 0 bridgehead atoms. The van der Waals surface area contributed by atoms with Crippen molar-refractivity contribution >= 4 is 33.2 Å². The monoisotopic (exact) mass is 566 g/mol. The average Bonchev–Trinajstić information content (AvgIpc) is 2.90. The topological polar surface area (TPSA) is 130 Å². The molecule has 3 aromatic rings. The van der Waals surface area contributed by atoms with Crippen LogP contribution >= 0.6 is 0 Å². The number of rotatable bonds is 10. The zero-order valence-corrected chi connectivity index (χ0v) is 24.0. The Bertz CT molecular complexity index is 1470. The van der Waals surface area contributed by atoms with Gasteiger partial charge in [-0.25, -0.2) is 8.42 Å². The van der Waals surface area contributed by atoms with Crippen molar-refractivity contribution in [2.24, 2.45) is 0 Å². The van der Waals surface area contributed by atoms with Crippen LogP contribution in [0.2, 0.25) is 0 Å². The van der Waals surface area contributed by atoms with Gasteiger partial charge in [-0.2, -0.15) is 0 Å². The summed E-state index contributed by atoms with van der Waals surface area (Å²) in [5.74, 6) is -1.05. The van der Waals surface area contributed by atoms with Gasteiger partial charge in [-0.05, 0) is 58.4 Å². The number of hydrogen-bond donors (Lipinski definition) is 1. The molecule has 0 heterocycles. The van der Waals surface area contributed by atoms with Crippen molar-refractivity contribution in [2.45, 2.75) is 57.6 Å². The van der Waals surface area contributed by atoms with Crippen molar-refractivity contribution in [3.05, 3.63) is 100 Å². The Morgan fingerprint density at radius 3 is 2.17 bits per heavy atom. The molecule has 0 spiro atoms. The molecule has 0 aromatic heterocycles. The van der Waals surface area contributed by atoms with Crippen LogP contribution in [-0.2, 0) is 26.2 Å². The van der Waals surface area contributed by atoms with Gasteiger partial charge in [0.1, 0.15) is 12.6 Å². The molecule has 40 heavy (non-hydrogen) atoms. The molecular weight excluding hydrogens is 532 g/mol. The Morgan fingerprint density at radius 1 is 0.975 bits per heavy atom. The standard InChI is InChI=1S/C29H34N4O6S/c1-21-14-16-23(17-15-21)19-31(22(2)28(35)30-29(3,4)5)27(34)20-32(24-10-9-11-25(18-24)33(36)37)40(38,39)26-12-7-6-8-13-26/h6-18,22H,19-20H2,1-5H3,(H,30,35). The first-order valence-corrected chi connectivity index (χ1v) is 14.1. The number of nitro benzene ring substituents is 1. The lowest BCUT2D eigenvalue weighted by molar-refractivity contribution is -0.384. The van der Waals surface area contributed by atoms with Crippen LogP contribution in [0.15, 0.2) is 83.8 Å². The number of nitro groups is 1. The molecule has 0 fully saturated rings. The molecule has 0 aliphatic carbocycles. The van der Waals surface area contributed by atoms with Crippen LogP contribution in [0.5, 0.6) is 0 Å². The van der Waals surface area contributed by atoms with Crippen molar-refractivity contribution < 1.29 is 22.9 Å². The molecule has 212 valence electrons. The maximum absolute atomic E-state index is 13.9. The van der Waals surface area contributed by atoms with Crippen molar-refractivity contribution in [3.8, 4) is 0 Å². The van der Waals surface area contributed by atoms with Gasteiger partial charge in [0.2, 0.25) is 11.8 Å². The second-order valence-corrected chi connectivity index (χ2v) is 12.4. The highest BCUT2D eigenvalue weighted by Gasteiger charge is 2.33. The average molecular weight is 567 g/mol. The van der Waals surface area contributed by atoms with E-state index >= 15 is 0 Å². The summed E-state index contributed by atoms with van der Waals surface area (Å²) in [7, 11) is -4.32. The minimum absolute atomic E-state index is 0.0476. The summed E-state index contributed by atoms with van der Waals surface area (Å²) in [6.45, 7) is 8.33. The predicted molar refractivity (Wildman–Crippen MR) is 153 cm³/mol. The molecule has 0 aliphatic heterocycles. The number of amides is 2. The van der Waals surface area contributed by atoms with E-state index in [1.165, 1.54) is 35.2 Å². The Labute approximate surface area is 234 Å². The number of hydrogen-bond acceptors (Lipinski definition) is 6. The van der Waals surface area contributed by atoms with E-state index in [2.05, 4.69) is 5.32 Å². The number of carbonyl (C=O) groups is 2. The number of nitrogens with one attached hydrogen (secondary N) is 1. The van der Waals surface area contributed by atoms with E-state index in [1.54, 1.807) is 25.1 Å². The largest absolute Gasteiger partial charge is 0.350 e. The van der Waals surface area contributed by atoms with Gasteiger partial charge in [-0.1, -0.05) is 54.1 Å². The summed E-state index contributed by atoms with van der Waals surface area (Å²) < 4.78 is 28.4. The predicted octanol–water partition coefficient (Wildman–Crippen LogP) is 4.43. The van der Waals surface area contributed by atoms with Gasteiger partial charge >= 0.3 is 0 Å². The molecule has 2 amide bonds. The first-order chi connectivity index (χ1) is 18.7. The van der Waals surface area contributed by atoms with Crippen LogP contribution in [0.1, 0.15) is 38.8 Å². The van der Waals surface area contributed by atoms with Crippen molar-refractivity contribution in [3.63, 3.8) is 0 Å². The van der Waals surface area contributed by atoms with Crippen molar-refractivity contribution in [1.82, 2.24) is 10.2 Å². The molecule has 1 N–H and O–H groups in total. The van der Waals surface area contributed by atoms with E-state index in [-0.39, 0.29) is 22.8 Å². The van der Waals surface area contributed by atoms with Crippen LogP contribution in [-0.4, -0.2) is 48.2 Å². The lowest BCUT2D eigenvalue weighted by Crippen LogP contribution is -2.54. The number of anilines is 1. The van der Waals surface area contributed by atoms with Crippen LogP contribution in [0.4, 0.5) is 11.4 Å². The summed E-state index contributed by atoms with van der Waals surface area (Å²) in [4.78, 5) is 39.1. The number of sulfonamides is 1. The molecule has 0 saturated carbocycles. The maximum Gasteiger partial charge on any atom is 0.271 e. The molecule has 0 saturated heterocycles. The highest BCUT2D eigenvalue weighted by atomic mass is 32.2. The van der Waals surface area contributed by atoms with E-state index < -0.39 is 44.9 Å². The Kier molecular flexibility index (Phi) is 9.31. The van der Waals surface area contributed by atoms with Crippen molar-refractivity contribution in [2.75, 3.05) is 10.8 Å². The highest BCUT2D eigenvalue weighted by molar-refractivity contribution is 7.92. The Hall–Kier alpha value is -4.25. The fourth-order valence-electron chi connectivity index (χ4n) is 3.96. The van der Waals surface area contributed by atoms with E-state index in [0.717, 1.165) is 21.5 Å². The summed E-state index contributed by atoms with van der Waals surface area (Å²) in [5.41, 5.74) is 0.838. The Morgan fingerprint density at radius 2 is 1.60 bits per heavy atom. The van der Waals surface area contributed by atoms with Crippen LogP contribution in [0.3, 0.4) is 0 Å². The normalized spacial score (nSPS) is 12.3. The molecule has 3 rings (SSSR count). The SMILES string of the molecule is Cc1ccc(CN(C(=O)CN(c2cccc([N+](=O)[O-])c2)S(=O)(=O)c2ccccc2)C(C)C(=O)NC(C)(C)C)cc1. The van der Waals surface area contributed by atoms with E-state index in [4.69, 9.17) is 0 Å². The lowest BCUT2D eigenvalue weighted by atomic mass is 10.1. The third kappa shape index (κ3) is 7.66. The van der Waals surface area contributed by atoms with Crippen LogP contribution in [0.25, 0.3) is 0 Å². The molecule has 11 heteroatoms. The van der Waals surface area contributed by atoms with Crippen molar-refractivity contribution in [1.29, 1.82) is 0 Å². The highest BCUT2D eigenvalue weighted by Crippen LogP contribution is 2.27. The van der Waals surface area contributed by atoms with Gasteiger partial charge in [0.25, 0.3) is 15.7 Å². The van der Waals surface area contributed by atoms with Gasteiger partial charge in [-0.15, -0.1) is 0 Å². The van der Waals surface area contributed by atoms with Crippen LogP contribution in [0, 0.1) is 17.0 Å². The molecule has 1 unspecified atom stereocenters. The summed E-state index contributed by atoms with van der Waals surface area (Å²) in [6, 6.07) is 19.1. The van der Waals surface area contributed by atoms with Gasteiger partial charge in [0.05, 0.1) is 15.5 Å². The van der Waals surface area contributed by atoms with Crippen LogP contribution < -0.4 is 9.62 Å². The zero-order valence-electron chi connectivity index (χ0n) is 23.2. The summed E-state index contributed by atoms with van der Waals surface area (Å²) >= 11 is 0. The Balaban J connectivity index is 2.06. The van der Waals surface area contributed by atoms with E-state index in [9.17, 15) is 28.1 Å². The molecule has 0 aliphatic rings. The fraction of sp³-hybridized carbons (Fsp3) is 0.310. The van der Waals surface area contributed by atoms with Gasteiger partial charge in [0.15, 0.2) is 0 Å². The van der Waals surface area contributed by atoms with Gasteiger partial charge in [-0.3, -0.25) is 24.0 Å². The third-order valence-electron chi connectivity index (χ3n) is 6.08. The summed E-state index contributed by atoms with van der Waals surface area (Å²) in [5, 5.41) is 14.3. The van der Waals surface area contributed by atoms with E-state index in [1.807, 2.05) is 52.0 Å². The number of carbonyl (C=O) groups excluding carboxylic acids is 2. The maximum atomic E-state index is 13.9. The molecular formula is C29H34N4O6S. The van der Waals surface area contributed by atoms with E-state index in [0.29, 0.717) is 0 Å². The quantitative estimate of drug-likeness (QED) is 0.285. The lowest BCUT2D eigenvalue weighted by Gasteiger charge is -2.33. The van der Waals surface area contributed by atoms with Gasteiger partial charge < -0.3 is 10.2 Å². The minimum Gasteiger partial charge on any atom is -0.350 e. The molecule has 3 aromatic carbocycles. The number of nitrogens with zero attached hydrogens (tertiary/aromatic N) is 3. The fourth-order valence-corrected chi connectivity index (χ4v) is 5.38. The molecule has 1 atom stereocenters. The first kappa shape index (κ1) is 30.3. The minimum atomic E-state index is -4.32. The zero-order chi connectivity index (χ0) is 29.7.